The summed E-state index contributed by atoms with van der Waals surface area (Å²) in [4.78, 5) is 10.7. The van der Waals surface area contributed by atoms with E-state index in [1.165, 1.54) is 0 Å². The van der Waals surface area contributed by atoms with Crippen LogP contribution in [0.1, 0.15) is 17.7 Å². The third kappa shape index (κ3) is 3.16. The largest absolute Gasteiger partial charge is 0.497 e. The molecule has 0 saturated heterocycles. The van der Waals surface area contributed by atoms with Crippen molar-refractivity contribution in [1.29, 1.82) is 0 Å². The molecule has 0 aliphatic rings. The zero-order chi connectivity index (χ0) is 15.4. The van der Waals surface area contributed by atoms with Crippen molar-refractivity contribution in [3.05, 3.63) is 35.5 Å². The third-order valence-corrected chi connectivity index (χ3v) is 3.24. The number of aromatic nitrogens is 2. The molecule has 1 aromatic heterocycles. The summed E-state index contributed by atoms with van der Waals surface area (Å²) in [7, 11) is 3.17. The molecular formula is C15H18N2O4. The van der Waals surface area contributed by atoms with Crippen LogP contribution >= 0.6 is 0 Å². The Labute approximate surface area is 122 Å². The Morgan fingerprint density at radius 1 is 1.24 bits per heavy atom. The van der Waals surface area contributed by atoms with Gasteiger partial charge in [0.05, 0.1) is 25.6 Å². The molecule has 6 nitrogen and oxygen atoms in total. The van der Waals surface area contributed by atoms with E-state index in [0.717, 1.165) is 22.7 Å². The van der Waals surface area contributed by atoms with E-state index in [1.54, 1.807) is 18.9 Å². The zero-order valence-electron chi connectivity index (χ0n) is 12.3. The van der Waals surface area contributed by atoms with E-state index in [0.29, 0.717) is 12.3 Å². The molecule has 0 fully saturated rings. The zero-order valence-corrected chi connectivity index (χ0v) is 12.3. The van der Waals surface area contributed by atoms with Crippen LogP contribution in [-0.4, -0.2) is 35.1 Å². The number of aryl methyl sites for hydroxylation is 1. The van der Waals surface area contributed by atoms with Gasteiger partial charge in [-0.2, -0.15) is 5.10 Å². The molecule has 0 spiro atoms. The van der Waals surface area contributed by atoms with E-state index < -0.39 is 5.97 Å². The normalized spacial score (nSPS) is 10.4. The van der Waals surface area contributed by atoms with E-state index in [1.807, 2.05) is 31.2 Å². The second kappa shape index (κ2) is 6.30. The summed E-state index contributed by atoms with van der Waals surface area (Å²) in [5, 5.41) is 13.3. The van der Waals surface area contributed by atoms with Crippen molar-refractivity contribution in [3.63, 3.8) is 0 Å². The minimum absolute atomic E-state index is 0.0471. The first-order valence-electron chi connectivity index (χ1n) is 6.55. The van der Waals surface area contributed by atoms with Crippen molar-refractivity contribution in [3.8, 4) is 17.3 Å². The standard InChI is InChI=1S/C15H18N2O4/c1-10-13(8-9-14(18)19)15(21-3)17(16-10)11-4-6-12(20-2)7-5-11/h4-7H,8-9H2,1-3H3,(H,18,19). The van der Waals surface area contributed by atoms with Crippen LogP contribution in [0.5, 0.6) is 11.6 Å². The van der Waals surface area contributed by atoms with E-state index in [9.17, 15) is 4.79 Å². The Balaban J connectivity index is 2.38. The van der Waals surface area contributed by atoms with E-state index in [4.69, 9.17) is 14.6 Å². The first-order valence-corrected chi connectivity index (χ1v) is 6.55. The number of ether oxygens (including phenoxy) is 2. The predicted octanol–water partition coefficient (Wildman–Crippen LogP) is 2.22. The molecule has 112 valence electrons. The molecule has 1 N–H and O–H groups in total. The van der Waals surface area contributed by atoms with E-state index in [2.05, 4.69) is 5.10 Å². The molecular weight excluding hydrogens is 272 g/mol. The van der Waals surface area contributed by atoms with Crippen LogP contribution in [0.25, 0.3) is 5.69 Å². The minimum atomic E-state index is -0.839. The highest BCUT2D eigenvalue weighted by molar-refractivity contribution is 5.67. The molecule has 0 bridgehead atoms. The maximum atomic E-state index is 10.7. The fourth-order valence-corrected chi connectivity index (χ4v) is 2.17. The Hall–Kier alpha value is -2.50. The number of carbonyl (C=O) groups is 1. The number of nitrogens with zero attached hydrogens (tertiary/aromatic N) is 2. The molecule has 6 heteroatoms. The topological polar surface area (TPSA) is 73.6 Å². The summed E-state index contributed by atoms with van der Waals surface area (Å²) in [6.07, 6.45) is 0.437. The fraction of sp³-hybridized carbons (Fsp3) is 0.333. The van der Waals surface area contributed by atoms with Gasteiger partial charge < -0.3 is 14.6 Å². The van der Waals surface area contributed by atoms with Gasteiger partial charge in [-0.25, -0.2) is 4.68 Å². The van der Waals surface area contributed by atoms with Gasteiger partial charge in [0.15, 0.2) is 0 Å². The molecule has 21 heavy (non-hydrogen) atoms. The van der Waals surface area contributed by atoms with Crippen molar-refractivity contribution < 1.29 is 19.4 Å². The maximum Gasteiger partial charge on any atom is 0.303 e. The molecule has 2 aromatic rings. The molecule has 0 atom stereocenters. The molecule has 0 radical (unpaired) electrons. The summed E-state index contributed by atoms with van der Waals surface area (Å²) in [5.74, 6) is 0.486. The van der Waals surface area contributed by atoms with Crippen LogP contribution in [0.4, 0.5) is 0 Å². The lowest BCUT2D eigenvalue weighted by atomic mass is 10.1. The Kier molecular flexibility index (Phi) is 4.47. The summed E-state index contributed by atoms with van der Waals surface area (Å²) in [6.45, 7) is 1.85. The molecule has 0 unspecified atom stereocenters. The smallest absolute Gasteiger partial charge is 0.303 e. The Bertz CT molecular complexity index is 632. The van der Waals surface area contributed by atoms with E-state index >= 15 is 0 Å². The number of rotatable bonds is 6. The summed E-state index contributed by atoms with van der Waals surface area (Å²) in [5.41, 5.74) is 2.41. The molecule has 0 saturated carbocycles. The van der Waals surface area contributed by atoms with Gasteiger partial charge in [0.25, 0.3) is 0 Å². The van der Waals surface area contributed by atoms with Crippen LogP contribution in [0.15, 0.2) is 24.3 Å². The van der Waals surface area contributed by atoms with E-state index in [-0.39, 0.29) is 6.42 Å². The molecule has 1 heterocycles. The number of carboxylic acids is 1. The molecule has 2 rings (SSSR count). The van der Waals surface area contributed by atoms with Crippen molar-refractivity contribution >= 4 is 5.97 Å². The average Bonchev–Trinajstić information content (AvgIpc) is 2.81. The lowest BCUT2D eigenvalue weighted by Crippen LogP contribution is -2.02. The fourth-order valence-electron chi connectivity index (χ4n) is 2.17. The number of hydrogen-bond acceptors (Lipinski definition) is 4. The summed E-state index contributed by atoms with van der Waals surface area (Å²) in [6, 6.07) is 7.41. The van der Waals surface area contributed by atoms with Gasteiger partial charge in [0.1, 0.15) is 5.75 Å². The van der Waals surface area contributed by atoms with Crippen molar-refractivity contribution in [1.82, 2.24) is 9.78 Å². The number of aliphatic carboxylic acids is 1. The van der Waals surface area contributed by atoms with Crippen molar-refractivity contribution in [2.75, 3.05) is 14.2 Å². The number of benzene rings is 1. The first kappa shape index (κ1) is 14.9. The van der Waals surface area contributed by atoms with Gasteiger partial charge in [-0.15, -0.1) is 0 Å². The monoisotopic (exact) mass is 290 g/mol. The predicted molar refractivity (Wildman–Crippen MR) is 77.4 cm³/mol. The molecule has 1 aromatic carbocycles. The average molecular weight is 290 g/mol. The van der Waals surface area contributed by atoms with Crippen LogP contribution in [-0.2, 0) is 11.2 Å². The third-order valence-electron chi connectivity index (χ3n) is 3.24. The van der Waals surface area contributed by atoms with Crippen LogP contribution in [0, 0.1) is 6.92 Å². The quantitative estimate of drug-likeness (QED) is 0.883. The first-order chi connectivity index (χ1) is 10.1. The number of carboxylic acid groups (broad SMARTS) is 1. The Morgan fingerprint density at radius 3 is 2.43 bits per heavy atom. The summed E-state index contributed by atoms with van der Waals surface area (Å²) >= 11 is 0. The second-order valence-electron chi connectivity index (χ2n) is 4.58. The molecule has 0 aliphatic heterocycles. The lowest BCUT2D eigenvalue weighted by molar-refractivity contribution is -0.136. The highest BCUT2D eigenvalue weighted by atomic mass is 16.5. The van der Waals surface area contributed by atoms with Crippen molar-refractivity contribution in [2.45, 2.75) is 19.8 Å². The highest BCUT2D eigenvalue weighted by Crippen LogP contribution is 2.27. The minimum Gasteiger partial charge on any atom is -0.497 e. The van der Waals surface area contributed by atoms with Gasteiger partial charge in [-0.3, -0.25) is 4.79 Å². The number of methoxy groups -OCH3 is 2. The van der Waals surface area contributed by atoms with Crippen LogP contribution in [0.3, 0.4) is 0 Å². The number of hydrogen-bond donors (Lipinski definition) is 1. The maximum absolute atomic E-state index is 10.7. The van der Waals surface area contributed by atoms with Gasteiger partial charge in [0, 0.05) is 12.0 Å². The Morgan fingerprint density at radius 2 is 1.90 bits per heavy atom. The van der Waals surface area contributed by atoms with Crippen molar-refractivity contribution in [2.24, 2.45) is 0 Å². The summed E-state index contributed by atoms with van der Waals surface area (Å²) < 4.78 is 12.2. The SMILES string of the molecule is COc1ccc(-n2nc(C)c(CCC(=O)O)c2OC)cc1. The van der Waals surface area contributed by atoms with Crippen LogP contribution < -0.4 is 9.47 Å². The van der Waals surface area contributed by atoms with Gasteiger partial charge in [-0.1, -0.05) is 0 Å². The second-order valence-corrected chi connectivity index (χ2v) is 4.58. The highest BCUT2D eigenvalue weighted by Gasteiger charge is 2.17. The van der Waals surface area contributed by atoms with Gasteiger partial charge in [-0.05, 0) is 37.6 Å². The van der Waals surface area contributed by atoms with Gasteiger partial charge in [0.2, 0.25) is 5.88 Å². The van der Waals surface area contributed by atoms with Gasteiger partial charge >= 0.3 is 5.97 Å². The molecule has 0 aliphatic carbocycles. The molecule has 0 amide bonds. The van der Waals surface area contributed by atoms with Crippen LogP contribution in [0.2, 0.25) is 0 Å². The lowest BCUT2D eigenvalue weighted by Gasteiger charge is -2.08.